The summed E-state index contributed by atoms with van der Waals surface area (Å²) >= 11 is 0. The lowest BCUT2D eigenvalue weighted by Gasteiger charge is -2.19. The van der Waals surface area contributed by atoms with E-state index in [1.807, 2.05) is 23.1 Å². The zero-order chi connectivity index (χ0) is 16.4. The Morgan fingerprint density at radius 3 is 2.65 bits per heavy atom. The van der Waals surface area contributed by atoms with Crippen LogP contribution in [0.25, 0.3) is 16.6 Å². The maximum Gasteiger partial charge on any atom is 0.156 e. The van der Waals surface area contributed by atoms with Crippen LogP contribution in [0, 0.1) is 0 Å². The molecule has 0 aliphatic heterocycles. The molecule has 0 saturated heterocycles. The van der Waals surface area contributed by atoms with Gasteiger partial charge in [0.1, 0.15) is 11.8 Å². The number of rotatable bonds is 6. The summed E-state index contributed by atoms with van der Waals surface area (Å²) in [6, 6.07) is 2.08. The lowest BCUT2D eigenvalue weighted by Crippen LogP contribution is -2.23. The summed E-state index contributed by atoms with van der Waals surface area (Å²) in [6.45, 7) is 8.27. The maximum absolute atomic E-state index is 9.46. The first-order valence-corrected chi connectivity index (χ1v) is 7.91. The Morgan fingerprint density at radius 2 is 1.96 bits per heavy atom. The summed E-state index contributed by atoms with van der Waals surface area (Å²) in [5, 5.41) is 18.1. The lowest BCUT2D eigenvalue weighted by molar-refractivity contribution is 0.168. The highest BCUT2D eigenvalue weighted by atomic mass is 16.3. The number of hydrogen-bond acceptors (Lipinski definition) is 5. The van der Waals surface area contributed by atoms with Crippen LogP contribution >= 0.6 is 0 Å². The first-order chi connectivity index (χ1) is 11.1. The molecular formula is C16H22N6O. The van der Waals surface area contributed by atoms with Crippen LogP contribution in [0.4, 0.5) is 5.82 Å². The second kappa shape index (κ2) is 6.37. The molecule has 0 amide bonds. The van der Waals surface area contributed by atoms with E-state index in [2.05, 4.69) is 40.0 Å². The highest BCUT2D eigenvalue weighted by Crippen LogP contribution is 2.26. The number of fused-ring (bicyclic) bond motifs is 1. The van der Waals surface area contributed by atoms with Crippen LogP contribution < -0.4 is 4.90 Å². The van der Waals surface area contributed by atoms with Crippen molar-refractivity contribution in [3.8, 4) is 11.1 Å². The number of nitrogens with zero attached hydrogens (tertiary/aromatic N) is 6. The predicted octanol–water partition coefficient (Wildman–Crippen LogP) is 1.82. The highest BCUT2D eigenvalue weighted by Gasteiger charge is 2.13. The van der Waals surface area contributed by atoms with E-state index < -0.39 is 6.10 Å². The standard InChI is InChI=1S/C16H22N6O/c1-4-20(5-2)16-15-6-13(10-22(15)19-11-17-16)14-7-18-21(9-14)8-12(3)23/h6-7,9-12,23H,4-5,8H2,1-3H3/t12-/m1/s1. The SMILES string of the molecule is CCN(CC)c1ncnn2cc(-c3cnn(C[C@@H](C)O)c3)cc12. The minimum atomic E-state index is -0.420. The molecule has 3 rings (SSSR count). The summed E-state index contributed by atoms with van der Waals surface area (Å²) < 4.78 is 3.60. The first kappa shape index (κ1) is 15.5. The van der Waals surface area contributed by atoms with Gasteiger partial charge >= 0.3 is 0 Å². The van der Waals surface area contributed by atoms with E-state index in [9.17, 15) is 5.11 Å². The summed E-state index contributed by atoms with van der Waals surface area (Å²) in [5.41, 5.74) is 3.02. The van der Waals surface area contributed by atoms with Crippen LogP contribution in [0.15, 0.2) is 31.0 Å². The Bertz CT molecular complexity index is 787. The topological polar surface area (TPSA) is 71.5 Å². The zero-order valence-electron chi connectivity index (χ0n) is 13.7. The van der Waals surface area contributed by atoms with E-state index in [0.717, 1.165) is 35.6 Å². The number of hydrogen-bond donors (Lipinski definition) is 1. The molecule has 0 radical (unpaired) electrons. The minimum Gasteiger partial charge on any atom is -0.391 e. The fraction of sp³-hybridized carbons (Fsp3) is 0.438. The van der Waals surface area contributed by atoms with Gasteiger partial charge in [0.25, 0.3) is 0 Å². The molecular weight excluding hydrogens is 292 g/mol. The van der Waals surface area contributed by atoms with Gasteiger partial charge in [-0.2, -0.15) is 10.2 Å². The normalized spacial score (nSPS) is 12.7. The van der Waals surface area contributed by atoms with Crippen molar-refractivity contribution >= 4 is 11.3 Å². The third-order valence-electron chi connectivity index (χ3n) is 3.87. The average Bonchev–Trinajstić information content (AvgIpc) is 3.14. The van der Waals surface area contributed by atoms with Gasteiger partial charge in [0.2, 0.25) is 0 Å². The van der Waals surface area contributed by atoms with Crippen LogP contribution in [-0.4, -0.2) is 48.7 Å². The molecule has 0 aliphatic rings. The quantitative estimate of drug-likeness (QED) is 0.751. The number of anilines is 1. The van der Waals surface area contributed by atoms with Crippen molar-refractivity contribution in [3.05, 3.63) is 31.0 Å². The highest BCUT2D eigenvalue weighted by molar-refractivity contribution is 5.77. The number of aliphatic hydroxyl groups excluding tert-OH is 1. The Balaban J connectivity index is 2.00. The Kier molecular flexibility index (Phi) is 4.29. The zero-order valence-corrected chi connectivity index (χ0v) is 13.7. The van der Waals surface area contributed by atoms with E-state index in [0.29, 0.717) is 6.54 Å². The third kappa shape index (κ3) is 3.05. The van der Waals surface area contributed by atoms with Gasteiger partial charge in [-0.25, -0.2) is 9.50 Å². The molecule has 0 unspecified atom stereocenters. The Labute approximate surface area is 135 Å². The van der Waals surface area contributed by atoms with Crippen molar-refractivity contribution < 1.29 is 5.11 Å². The van der Waals surface area contributed by atoms with Gasteiger partial charge in [-0.1, -0.05) is 0 Å². The van der Waals surface area contributed by atoms with Crippen LogP contribution in [0.2, 0.25) is 0 Å². The molecule has 3 heterocycles. The van der Waals surface area contributed by atoms with E-state index >= 15 is 0 Å². The average molecular weight is 314 g/mol. The van der Waals surface area contributed by atoms with Crippen molar-refractivity contribution in [2.45, 2.75) is 33.4 Å². The molecule has 0 spiro atoms. The largest absolute Gasteiger partial charge is 0.391 e. The van der Waals surface area contributed by atoms with Gasteiger partial charge < -0.3 is 10.0 Å². The monoisotopic (exact) mass is 314 g/mol. The summed E-state index contributed by atoms with van der Waals surface area (Å²) in [7, 11) is 0. The molecule has 1 N–H and O–H groups in total. The van der Waals surface area contributed by atoms with Crippen LogP contribution in [0.1, 0.15) is 20.8 Å². The Morgan fingerprint density at radius 1 is 1.17 bits per heavy atom. The van der Waals surface area contributed by atoms with Gasteiger partial charge in [-0.3, -0.25) is 4.68 Å². The van der Waals surface area contributed by atoms with E-state index in [1.54, 1.807) is 17.9 Å². The number of aliphatic hydroxyl groups is 1. The molecule has 3 aromatic rings. The molecule has 23 heavy (non-hydrogen) atoms. The summed E-state index contributed by atoms with van der Waals surface area (Å²) in [5.74, 6) is 0.938. The predicted molar refractivity (Wildman–Crippen MR) is 89.4 cm³/mol. The summed E-state index contributed by atoms with van der Waals surface area (Å²) in [6.07, 6.45) is 6.89. The van der Waals surface area contributed by atoms with Crippen LogP contribution in [0.3, 0.4) is 0 Å². The van der Waals surface area contributed by atoms with E-state index in [4.69, 9.17) is 0 Å². The Hall–Kier alpha value is -2.41. The lowest BCUT2D eigenvalue weighted by atomic mass is 10.2. The molecule has 7 heteroatoms. The van der Waals surface area contributed by atoms with Gasteiger partial charge in [0.15, 0.2) is 5.82 Å². The molecule has 1 atom stereocenters. The molecule has 7 nitrogen and oxygen atoms in total. The van der Waals surface area contributed by atoms with Crippen molar-refractivity contribution in [3.63, 3.8) is 0 Å². The molecule has 122 valence electrons. The third-order valence-corrected chi connectivity index (χ3v) is 3.87. The summed E-state index contributed by atoms with van der Waals surface area (Å²) in [4.78, 5) is 6.65. The van der Waals surface area contributed by atoms with Crippen molar-refractivity contribution in [2.24, 2.45) is 0 Å². The fourth-order valence-corrected chi connectivity index (χ4v) is 2.72. The molecule has 0 fully saturated rings. The van der Waals surface area contributed by atoms with Crippen molar-refractivity contribution in [1.82, 2.24) is 24.4 Å². The maximum atomic E-state index is 9.46. The van der Waals surface area contributed by atoms with Gasteiger partial charge in [-0.05, 0) is 26.8 Å². The molecule has 0 saturated carbocycles. The van der Waals surface area contributed by atoms with Crippen LogP contribution in [-0.2, 0) is 6.54 Å². The first-order valence-electron chi connectivity index (χ1n) is 7.91. The van der Waals surface area contributed by atoms with E-state index in [1.165, 1.54) is 0 Å². The molecule has 3 aromatic heterocycles. The van der Waals surface area contributed by atoms with Gasteiger partial charge in [0.05, 0.1) is 18.8 Å². The van der Waals surface area contributed by atoms with E-state index in [-0.39, 0.29) is 0 Å². The van der Waals surface area contributed by atoms with Crippen LogP contribution in [0.5, 0.6) is 0 Å². The molecule has 0 aromatic carbocycles. The second-order valence-electron chi connectivity index (χ2n) is 5.61. The molecule has 0 aliphatic carbocycles. The molecule has 0 bridgehead atoms. The van der Waals surface area contributed by atoms with Crippen molar-refractivity contribution in [1.29, 1.82) is 0 Å². The minimum absolute atomic E-state index is 0.420. The second-order valence-corrected chi connectivity index (χ2v) is 5.61. The van der Waals surface area contributed by atoms with Gasteiger partial charge in [-0.15, -0.1) is 0 Å². The smallest absolute Gasteiger partial charge is 0.156 e. The fourth-order valence-electron chi connectivity index (χ4n) is 2.72. The van der Waals surface area contributed by atoms with Crippen molar-refractivity contribution in [2.75, 3.05) is 18.0 Å². The number of aromatic nitrogens is 5. The van der Waals surface area contributed by atoms with Gasteiger partial charge in [0, 0.05) is 36.6 Å².